The fraction of sp³-hybridized carbons (Fsp3) is 0.409. The second-order valence-electron chi connectivity index (χ2n) is 7.49. The second-order valence-corrected chi connectivity index (χ2v) is 7.49. The number of carbonyl (C=O) groups excluding carboxylic acids is 1. The van der Waals surface area contributed by atoms with Crippen molar-refractivity contribution in [3.63, 3.8) is 0 Å². The molecule has 1 aromatic heterocycles. The van der Waals surface area contributed by atoms with Gasteiger partial charge in [0.15, 0.2) is 5.82 Å². The first-order valence-corrected chi connectivity index (χ1v) is 10.00. The predicted molar refractivity (Wildman–Crippen MR) is 112 cm³/mol. The summed E-state index contributed by atoms with van der Waals surface area (Å²) in [5.41, 5.74) is 2.57. The summed E-state index contributed by atoms with van der Waals surface area (Å²) in [6.07, 6.45) is 2.98. The van der Waals surface area contributed by atoms with Crippen LogP contribution in [0.4, 0.5) is 11.5 Å². The van der Waals surface area contributed by atoms with Crippen LogP contribution in [0.5, 0.6) is 0 Å². The molecule has 0 aliphatic carbocycles. The van der Waals surface area contributed by atoms with Crippen LogP contribution in [0.2, 0.25) is 0 Å². The van der Waals surface area contributed by atoms with E-state index in [0.717, 1.165) is 56.1 Å². The molecule has 28 heavy (non-hydrogen) atoms. The number of benzene rings is 1. The van der Waals surface area contributed by atoms with Gasteiger partial charge in [0, 0.05) is 38.9 Å². The fourth-order valence-electron chi connectivity index (χ4n) is 3.78. The van der Waals surface area contributed by atoms with E-state index in [1.165, 1.54) is 0 Å². The molecule has 4 rings (SSSR count). The van der Waals surface area contributed by atoms with E-state index in [-0.39, 0.29) is 5.91 Å². The number of fused-ring (bicyclic) bond motifs is 1. The van der Waals surface area contributed by atoms with Crippen molar-refractivity contribution in [1.82, 2.24) is 14.8 Å². The van der Waals surface area contributed by atoms with Gasteiger partial charge in [0.05, 0.1) is 12.1 Å². The van der Waals surface area contributed by atoms with E-state index in [0.29, 0.717) is 18.8 Å². The van der Waals surface area contributed by atoms with E-state index in [9.17, 15) is 4.79 Å². The molecule has 2 aromatic rings. The van der Waals surface area contributed by atoms with Gasteiger partial charge >= 0.3 is 0 Å². The smallest absolute Gasteiger partial charge is 0.234 e. The fourth-order valence-corrected chi connectivity index (χ4v) is 3.78. The van der Waals surface area contributed by atoms with Crippen LogP contribution in [0, 0.1) is 0 Å². The van der Waals surface area contributed by atoms with Gasteiger partial charge in [0.25, 0.3) is 0 Å². The maximum atomic E-state index is 13.1. The Hall–Kier alpha value is -2.57. The van der Waals surface area contributed by atoms with Crippen molar-refractivity contribution in [3.8, 4) is 0 Å². The number of anilines is 1. The molecule has 2 aliphatic rings. The molecule has 1 aromatic carbocycles. The third-order valence-electron chi connectivity index (χ3n) is 5.46. The number of amides is 1. The molecule has 0 radical (unpaired) electrons. The molecule has 1 saturated heterocycles. The third kappa shape index (κ3) is 4.29. The molecular weight excluding hydrogens is 350 g/mol. The van der Waals surface area contributed by atoms with Gasteiger partial charge in [0.2, 0.25) is 5.91 Å². The minimum atomic E-state index is 0.0680. The number of piperazine rings is 1. The van der Waals surface area contributed by atoms with Crippen molar-refractivity contribution in [1.29, 1.82) is 0 Å². The lowest BCUT2D eigenvalue weighted by Gasteiger charge is -2.32. The van der Waals surface area contributed by atoms with E-state index < -0.39 is 0 Å². The third-order valence-corrected chi connectivity index (χ3v) is 5.46. The Bertz CT molecular complexity index is 843. The minimum absolute atomic E-state index is 0.0680. The summed E-state index contributed by atoms with van der Waals surface area (Å²) in [6, 6.07) is 13.8. The summed E-state index contributed by atoms with van der Waals surface area (Å²) in [5.74, 6) is 0.746. The lowest BCUT2D eigenvalue weighted by molar-refractivity contribution is -0.117. The maximum Gasteiger partial charge on any atom is 0.234 e. The molecule has 0 spiro atoms. The van der Waals surface area contributed by atoms with Crippen LogP contribution in [0.15, 0.2) is 53.7 Å². The number of hydrogen-bond donors (Lipinski definition) is 0. The molecule has 6 nitrogen and oxygen atoms in total. The summed E-state index contributed by atoms with van der Waals surface area (Å²) in [5, 5.41) is 0. The topological polar surface area (TPSA) is 52.0 Å². The van der Waals surface area contributed by atoms with Gasteiger partial charge in [0.1, 0.15) is 5.69 Å². The highest BCUT2D eigenvalue weighted by atomic mass is 16.2. The van der Waals surface area contributed by atoms with E-state index in [1.54, 1.807) is 6.20 Å². The van der Waals surface area contributed by atoms with Crippen LogP contribution >= 0.6 is 0 Å². The molecular formula is C22H27N5O. The minimum Gasteiger partial charge on any atom is -0.304 e. The Morgan fingerprint density at radius 2 is 1.75 bits per heavy atom. The largest absolute Gasteiger partial charge is 0.304 e. The van der Waals surface area contributed by atoms with E-state index in [2.05, 4.69) is 21.8 Å². The molecule has 0 bridgehead atoms. The number of aliphatic imine (C=N–C) groups is 1. The monoisotopic (exact) mass is 377 g/mol. The van der Waals surface area contributed by atoms with Gasteiger partial charge in [-0.2, -0.15) is 0 Å². The zero-order valence-electron chi connectivity index (χ0n) is 16.4. The van der Waals surface area contributed by atoms with Gasteiger partial charge in [-0.1, -0.05) is 30.3 Å². The van der Waals surface area contributed by atoms with Crippen LogP contribution < -0.4 is 4.90 Å². The zero-order valence-corrected chi connectivity index (χ0v) is 16.4. The molecule has 0 saturated carbocycles. The van der Waals surface area contributed by atoms with Crippen molar-refractivity contribution in [2.75, 3.05) is 51.2 Å². The van der Waals surface area contributed by atoms with Gasteiger partial charge in [-0.15, -0.1) is 0 Å². The summed E-state index contributed by atoms with van der Waals surface area (Å²) in [6.45, 7) is 6.10. The first-order valence-electron chi connectivity index (χ1n) is 10.00. The zero-order chi connectivity index (χ0) is 19.3. The standard InChI is InChI=1S/C22H27N5O/c1-25-13-15-26(16-14-25)11-6-12-27-21(28)17-20(18-7-3-2-4-8-18)24-19-9-5-10-23-22(19)27/h2-5,7-10H,6,11-17H2,1H3. The van der Waals surface area contributed by atoms with E-state index >= 15 is 0 Å². The van der Waals surface area contributed by atoms with Crippen LogP contribution in [-0.2, 0) is 4.79 Å². The van der Waals surface area contributed by atoms with Crippen molar-refractivity contribution in [3.05, 3.63) is 54.2 Å². The summed E-state index contributed by atoms with van der Waals surface area (Å²) >= 11 is 0. The number of rotatable bonds is 5. The molecule has 1 fully saturated rings. The second kappa shape index (κ2) is 8.63. The average Bonchev–Trinajstić information content (AvgIpc) is 2.87. The number of carbonyl (C=O) groups is 1. The van der Waals surface area contributed by atoms with Gasteiger partial charge in [-0.3, -0.25) is 9.69 Å². The van der Waals surface area contributed by atoms with Crippen molar-refractivity contribution in [2.24, 2.45) is 4.99 Å². The molecule has 0 unspecified atom stereocenters. The Balaban J connectivity index is 1.48. The van der Waals surface area contributed by atoms with Crippen LogP contribution in [0.3, 0.4) is 0 Å². The molecule has 3 heterocycles. The van der Waals surface area contributed by atoms with Crippen LogP contribution in [0.25, 0.3) is 0 Å². The summed E-state index contributed by atoms with van der Waals surface area (Å²) in [7, 11) is 2.17. The predicted octanol–water partition coefficient (Wildman–Crippen LogP) is 2.58. The van der Waals surface area contributed by atoms with Crippen molar-refractivity contribution in [2.45, 2.75) is 12.8 Å². The molecule has 146 valence electrons. The Kier molecular flexibility index (Phi) is 5.78. The highest BCUT2D eigenvalue weighted by Gasteiger charge is 2.26. The number of pyridine rings is 1. The maximum absolute atomic E-state index is 13.1. The Morgan fingerprint density at radius 1 is 0.964 bits per heavy atom. The Morgan fingerprint density at radius 3 is 2.54 bits per heavy atom. The average molecular weight is 377 g/mol. The highest BCUT2D eigenvalue weighted by Crippen LogP contribution is 2.30. The lowest BCUT2D eigenvalue weighted by Crippen LogP contribution is -2.45. The van der Waals surface area contributed by atoms with E-state index in [1.807, 2.05) is 47.4 Å². The molecule has 6 heteroatoms. The quantitative estimate of drug-likeness (QED) is 0.804. The first kappa shape index (κ1) is 18.8. The number of nitrogens with zero attached hydrogens (tertiary/aromatic N) is 5. The van der Waals surface area contributed by atoms with Crippen LogP contribution in [-0.4, -0.2) is 72.7 Å². The number of aromatic nitrogens is 1. The van der Waals surface area contributed by atoms with Gasteiger partial charge < -0.3 is 9.80 Å². The molecule has 0 N–H and O–H groups in total. The molecule has 1 amide bonds. The SMILES string of the molecule is CN1CCN(CCCN2C(=O)CC(c3ccccc3)=Nc3cccnc32)CC1. The number of hydrogen-bond acceptors (Lipinski definition) is 5. The van der Waals surface area contributed by atoms with Crippen molar-refractivity contribution < 1.29 is 4.79 Å². The lowest BCUT2D eigenvalue weighted by atomic mass is 10.1. The van der Waals surface area contributed by atoms with Crippen molar-refractivity contribution >= 4 is 23.1 Å². The number of likely N-dealkylation sites (N-methyl/N-ethyl adjacent to an activating group) is 1. The van der Waals surface area contributed by atoms with Gasteiger partial charge in [-0.25, -0.2) is 9.98 Å². The normalized spacial score (nSPS) is 18.5. The van der Waals surface area contributed by atoms with E-state index in [4.69, 9.17) is 4.99 Å². The Labute approximate surface area is 166 Å². The molecule has 0 atom stereocenters. The summed E-state index contributed by atoms with van der Waals surface area (Å²) in [4.78, 5) is 29.0. The van der Waals surface area contributed by atoms with Crippen LogP contribution in [0.1, 0.15) is 18.4 Å². The first-order chi connectivity index (χ1) is 13.7. The molecule has 2 aliphatic heterocycles. The summed E-state index contributed by atoms with van der Waals surface area (Å²) < 4.78 is 0. The highest BCUT2D eigenvalue weighted by molar-refractivity contribution is 6.17. The van der Waals surface area contributed by atoms with Gasteiger partial charge in [-0.05, 0) is 37.7 Å².